The lowest BCUT2D eigenvalue weighted by Gasteiger charge is -2.16. The number of carboxylic acid groups (broad SMARTS) is 1. The van der Waals surface area contributed by atoms with Crippen LogP contribution in [0.5, 0.6) is 11.5 Å². The fourth-order valence-electron chi connectivity index (χ4n) is 3.69. The summed E-state index contributed by atoms with van der Waals surface area (Å²) in [6, 6.07) is 5.74. The van der Waals surface area contributed by atoms with Crippen LogP contribution in [0.4, 0.5) is 0 Å². The van der Waals surface area contributed by atoms with Crippen LogP contribution in [-0.4, -0.2) is 45.6 Å². The lowest BCUT2D eigenvalue weighted by Crippen LogP contribution is -2.23. The van der Waals surface area contributed by atoms with Crippen molar-refractivity contribution in [3.63, 3.8) is 0 Å². The summed E-state index contributed by atoms with van der Waals surface area (Å²) in [6.07, 6.45) is 1.86. The third-order valence-electron chi connectivity index (χ3n) is 5.27. The molecule has 25 heavy (non-hydrogen) atoms. The predicted molar refractivity (Wildman–Crippen MR) is 89.7 cm³/mol. The zero-order valence-corrected chi connectivity index (χ0v) is 14.3. The first-order valence-electron chi connectivity index (χ1n) is 8.35. The first kappa shape index (κ1) is 16.0. The van der Waals surface area contributed by atoms with Crippen LogP contribution in [0, 0.1) is 12.8 Å². The Morgan fingerprint density at radius 3 is 2.84 bits per heavy atom. The molecule has 7 nitrogen and oxygen atoms in total. The molecule has 1 aromatic heterocycles. The number of hydrogen-bond donors (Lipinski definition) is 1. The molecular formula is C18H21N3O4. The van der Waals surface area contributed by atoms with Crippen molar-refractivity contribution in [1.29, 1.82) is 0 Å². The van der Waals surface area contributed by atoms with Gasteiger partial charge in [0, 0.05) is 43.9 Å². The zero-order valence-electron chi connectivity index (χ0n) is 14.3. The van der Waals surface area contributed by atoms with Gasteiger partial charge >= 0.3 is 5.97 Å². The maximum absolute atomic E-state index is 11.8. The zero-order chi connectivity index (χ0) is 17.6. The van der Waals surface area contributed by atoms with E-state index in [9.17, 15) is 9.90 Å². The number of ether oxygens (including phenoxy) is 2. The Balaban J connectivity index is 1.56. The average molecular weight is 343 g/mol. The van der Waals surface area contributed by atoms with E-state index >= 15 is 0 Å². The van der Waals surface area contributed by atoms with E-state index < -0.39 is 11.9 Å². The Hall–Kier alpha value is -2.54. The van der Waals surface area contributed by atoms with Crippen LogP contribution >= 0.6 is 0 Å². The molecular weight excluding hydrogens is 322 g/mol. The number of hydrogen-bond acceptors (Lipinski definition) is 5. The highest BCUT2D eigenvalue weighted by Gasteiger charge is 2.39. The maximum atomic E-state index is 11.8. The van der Waals surface area contributed by atoms with Crippen molar-refractivity contribution in [1.82, 2.24) is 14.7 Å². The number of rotatable bonds is 4. The summed E-state index contributed by atoms with van der Waals surface area (Å²) >= 11 is 0. The molecule has 0 unspecified atom stereocenters. The van der Waals surface area contributed by atoms with Crippen molar-refractivity contribution in [3.8, 4) is 11.5 Å². The first-order valence-corrected chi connectivity index (χ1v) is 8.35. The minimum Gasteiger partial charge on any atom is -0.481 e. The molecule has 1 saturated heterocycles. The summed E-state index contributed by atoms with van der Waals surface area (Å²) in [5.74, 6) is 0.161. The van der Waals surface area contributed by atoms with Crippen molar-refractivity contribution in [2.24, 2.45) is 13.0 Å². The number of carbonyl (C=O) groups is 1. The quantitative estimate of drug-likeness (QED) is 0.911. The number of benzene rings is 1. The molecule has 2 atom stereocenters. The Kier molecular flexibility index (Phi) is 3.88. The maximum Gasteiger partial charge on any atom is 0.308 e. The van der Waals surface area contributed by atoms with E-state index in [0.29, 0.717) is 25.4 Å². The highest BCUT2D eigenvalue weighted by Crippen LogP contribution is 2.39. The second kappa shape index (κ2) is 6.07. The van der Waals surface area contributed by atoms with Crippen LogP contribution in [0.15, 0.2) is 24.4 Å². The molecule has 1 aromatic carbocycles. The second-order valence-corrected chi connectivity index (χ2v) is 6.74. The van der Waals surface area contributed by atoms with E-state index in [4.69, 9.17) is 9.47 Å². The number of nitrogens with zero attached hydrogens (tertiary/aromatic N) is 3. The lowest BCUT2D eigenvalue weighted by atomic mass is 9.89. The van der Waals surface area contributed by atoms with Crippen LogP contribution in [0.25, 0.3) is 0 Å². The van der Waals surface area contributed by atoms with Crippen molar-refractivity contribution in [3.05, 3.63) is 41.2 Å². The van der Waals surface area contributed by atoms with Gasteiger partial charge in [0.1, 0.15) is 0 Å². The average Bonchev–Trinajstić information content (AvgIpc) is 3.29. The minimum absolute atomic E-state index is 0.0658. The fourth-order valence-corrected chi connectivity index (χ4v) is 3.69. The van der Waals surface area contributed by atoms with Gasteiger partial charge in [-0.1, -0.05) is 6.07 Å². The number of aliphatic carboxylic acids is 1. The monoisotopic (exact) mass is 343 g/mol. The summed E-state index contributed by atoms with van der Waals surface area (Å²) in [6.45, 7) is 4.19. The van der Waals surface area contributed by atoms with E-state index in [1.807, 2.05) is 43.0 Å². The number of likely N-dealkylation sites (tertiary alicyclic amines) is 1. The molecule has 0 bridgehead atoms. The molecule has 0 spiro atoms. The van der Waals surface area contributed by atoms with Crippen molar-refractivity contribution in [2.45, 2.75) is 19.4 Å². The summed E-state index contributed by atoms with van der Waals surface area (Å²) in [7, 11) is 1.91. The minimum atomic E-state index is -0.756. The van der Waals surface area contributed by atoms with Crippen molar-refractivity contribution < 1.29 is 19.4 Å². The predicted octanol–water partition coefficient (Wildman–Crippen LogP) is 1.76. The van der Waals surface area contributed by atoms with Gasteiger partial charge in [0.2, 0.25) is 6.79 Å². The summed E-state index contributed by atoms with van der Waals surface area (Å²) in [4.78, 5) is 14.0. The molecule has 2 aliphatic rings. The molecule has 0 saturated carbocycles. The smallest absolute Gasteiger partial charge is 0.308 e. The highest BCUT2D eigenvalue weighted by molar-refractivity contribution is 5.72. The third-order valence-corrected chi connectivity index (χ3v) is 5.27. The first-order chi connectivity index (χ1) is 12.0. The number of aryl methyl sites for hydroxylation is 1. The van der Waals surface area contributed by atoms with E-state index in [2.05, 4.69) is 10.00 Å². The molecule has 4 rings (SSSR count). The molecule has 0 aliphatic carbocycles. The molecule has 1 N–H and O–H groups in total. The SMILES string of the molecule is Cc1c(CN2C[C@H](C(=O)O)[C@@H](c3ccc4c(c3)OCO4)C2)cnn1C. The third kappa shape index (κ3) is 2.84. The second-order valence-electron chi connectivity index (χ2n) is 6.74. The Morgan fingerprint density at radius 1 is 1.32 bits per heavy atom. The highest BCUT2D eigenvalue weighted by atomic mass is 16.7. The van der Waals surface area contributed by atoms with Gasteiger partial charge in [-0.25, -0.2) is 0 Å². The van der Waals surface area contributed by atoms with Crippen molar-refractivity contribution in [2.75, 3.05) is 19.9 Å². The number of fused-ring (bicyclic) bond motifs is 1. The molecule has 2 aliphatic heterocycles. The van der Waals surface area contributed by atoms with Gasteiger partial charge in [-0.05, 0) is 24.6 Å². The Labute approximate surface area is 145 Å². The van der Waals surface area contributed by atoms with E-state index in [0.717, 1.165) is 22.6 Å². The van der Waals surface area contributed by atoms with E-state index in [1.54, 1.807) is 0 Å². The normalized spacial score (nSPS) is 22.5. The van der Waals surface area contributed by atoms with Crippen LogP contribution < -0.4 is 9.47 Å². The van der Waals surface area contributed by atoms with Crippen molar-refractivity contribution >= 4 is 5.97 Å². The summed E-state index contributed by atoms with van der Waals surface area (Å²) < 4.78 is 12.6. The molecule has 3 heterocycles. The number of carboxylic acids is 1. The lowest BCUT2D eigenvalue weighted by molar-refractivity contribution is -0.141. The fraction of sp³-hybridized carbons (Fsp3) is 0.444. The van der Waals surface area contributed by atoms with Crippen LogP contribution in [-0.2, 0) is 18.4 Å². The molecule has 7 heteroatoms. The van der Waals surface area contributed by atoms with Gasteiger partial charge in [0.05, 0.1) is 12.1 Å². The molecule has 0 radical (unpaired) electrons. The summed E-state index contributed by atoms with van der Waals surface area (Å²) in [5.41, 5.74) is 3.23. The van der Waals surface area contributed by atoms with Gasteiger partial charge in [-0.2, -0.15) is 5.10 Å². The summed E-state index contributed by atoms with van der Waals surface area (Å²) in [5, 5.41) is 14.0. The van der Waals surface area contributed by atoms with Gasteiger partial charge < -0.3 is 14.6 Å². The molecule has 132 valence electrons. The molecule has 0 amide bonds. The Morgan fingerprint density at radius 2 is 2.12 bits per heavy atom. The van der Waals surface area contributed by atoms with Crippen LogP contribution in [0.3, 0.4) is 0 Å². The van der Waals surface area contributed by atoms with E-state index in [1.165, 1.54) is 0 Å². The van der Waals surface area contributed by atoms with Gasteiger partial charge in [-0.3, -0.25) is 14.4 Å². The molecule has 2 aromatic rings. The van der Waals surface area contributed by atoms with Gasteiger partial charge in [-0.15, -0.1) is 0 Å². The van der Waals surface area contributed by atoms with Gasteiger partial charge in [0.25, 0.3) is 0 Å². The van der Waals surface area contributed by atoms with E-state index in [-0.39, 0.29) is 12.7 Å². The standard InChI is InChI=1S/C18H21N3O4/c1-11-13(6-19-20(11)2)7-21-8-14(15(9-21)18(22)23)12-3-4-16-17(5-12)25-10-24-16/h3-6,14-15H,7-10H2,1-2H3,(H,22,23)/t14-,15+/m1/s1. The number of aromatic nitrogens is 2. The van der Waals surface area contributed by atoms with Gasteiger partial charge in [0.15, 0.2) is 11.5 Å². The Bertz CT molecular complexity index is 817. The topological polar surface area (TPSA) is 76.8 Å². The largest absolute Gasteiger partial charge is 0.481 e. The molecule has 1 fully saturated rings. The van der Waals surface area contributed by atoms with Crippen LogP contribution in [0.1, 0.15) is 22.7 Å². The van der Waals surface area contributed by atoms with Crippen LogP contribution in [0.2, 0.25) is 0 Å².